The van der Waals surface area contributed by atoms with Gasteiger partial charge in [0.1, 0.15) is 6.10 Å². The molecule has 2 atom stereocenters. The van der Waals surface area contributed by atoms with E-state index in [0.29, 0.717) is 11.5 Å². The van der Waals surface area contributed by atoms with E-state index in [2.05, 4.69) is 10.6 Å². The number of carbonyl (C=O) groups is 1. The fourth-order valence-corrected chi connectivity index (χ4v) is 2.66. The second-order valence-corrected chi connectivity index (χ2v) is 5.34. The van der Waals surface area contributed by atoms with Crippen molar-refractivity contribution in [2.75, 3.05) is 13.1 Å². The standard InChI is InChI=1S/C15H20N2O3.ClH/c1-10-14(15(18)17-11-6-8-16-9-7-11)20-13-5-3-2-4-12(13)19-10;/h2-5,10-11,14,16H,6-9H2,1H3,(H,17,18);1H. The van der Waals surface area contributed by atoms with Crippen LogP contribution in [0.1, 0.15) is 19.8 Å². The molecule has 1 fully saturated rings. The fourth-order valence-electron chi connectivity index (χ4n) is 2.66. The minimum absolute atomic E-state index is 0. The molecular weight excluding hydrogens is 292 g/mol. The lowest BCUT2D eigenvalue weighted by molar-refractivity contribution is -0.134. The highest BCUT2D eigenvalue weighted by molar-refractivity contribution is 5.85. The molecule has 3 rings (SSSR count). The van der Waals surface area contributed by atoms with Crippen LogP contribution in [0.5, 0.6) is 11.5 Å². The van der Waals surface area contributed by atoms with Crippen LogP contribution in [-0.2, 0) is 4.79 Å². The van der Waals surface area contributed by atoms with Crippen LogP contribution in [0.2, 0.25) is 0 Å². The van der Waals surface area contributed by atoms with Crippen LogP contribution in [0, 0.1) is 0 Å². The molecule has 5 nitrogen and oxygen atoms in total. The molecular formula is C15H21ClN2O3. The highest BCUT2D eigenvalue weighted by Crippen LogP contribution is 2.33. The van der Waals surface area contributed by atoms with Gasteiger partial charge in [0, 0.05) is 6.04 Å². The van der Waals surface area contributed by atoms with Crippen molar-refractivity contribution >= 4 is 18.3 Å². The zero-order valence-electron chi connectivity index (χ0n) is 12.0. The molecule has 2 aliphatic heterocycles. The van der Waals surface area contributed by atoms with Crippen LogP contribution in [-0.4, -0.2) is 37.2 Å². The second-order valence-electron chi connectivity index (χ2n) is 5.34. The van der Waals surface area contributed by atoms with Gasteiger partial charge in [-0.25, -0.2) is 0 Å². The molecule has 21 heavy (non-hydrogen) atoms. The van der Waals surface area contributed by atoms with Crippen molar-refractivity contribution in [3.8, 4) is 11.5 Å². The summed E-state index contributed by atoms with van der Waals surface area (Å²) in [7, 11) is 0. The summed E-state index contributed by atoms with van der Waals surface area (Å²) >= 11 is 0. The Labute approximate surface area is 130 Å². The minimum atomic E-state index is -0.584. The highest BCUT2D eigenvalue weighted by Gasteiger charge is 2.34. The van der Waals surface area contributed by atoms with E-state index in [4.69, 9.17) is 9.47 Å². The molecule has 2 aliphatic rings. The Hall–Kier alpha value is -1.46. The first kappa shape index (κ1) is 15.9. The Kier molecular flexibility index (Phi) is 5.31. The molecule has 1 aromatic carbocycles. The van der Waals surface area contributed by atoms with Crippen LogP contribution >= 0.6 is 12.4 Å². The first-order valence-corrected chi connectivity index (χ1v) is 7.17. The number of halogens is 1. The molecule has 1 saturated heterocycles. The van der Waals surface area contributed by atoms with E-state index >= 15 is 0 Å². The van der Waals surface area contributed by atoms with Gasteiger partial charge >= 0.3 is 0 Å². The SMILES string of the molecule is CC1Oc2ccccc2OC1C(=O)NC1CCNCC1.Cl. The van der Waals surface area contributed by atoms with Crippen LogP contribution in [0.3, 0.4) is 0 Å². The largest absolute Gasteiger partial charge is 0.482 e. The number of carbonyl (C=O) groups excluding carboxylic acids is 1. The van der Waals surface area contributed by atoms with Crippen molar-refractivity contribution in [2.24, 2.45) is 0 Å². The lowest BCUT2D eigenvalue weighted by Crippen LogP contribution is -2.53. The normalized spacial score (nSPS) is 24.8. The molecule has 0 radical (unpaired) electrons. The predicted molar refractivity (Wildman–Crippen MR) is 82.2 cm³/mol. The first-order valence-electron chi connectivity index (χ1n) is 7.17. The Morgan fingerprint density at radius 3 is 2.48 bits per heavy atom. The average molecular weight is 313 g/mol. The summed E-state index contributed by atoms with van der Waals surface area (Å²) in [5, 5.41) is 6.35. The molecule has 0 saturated carbocycles. The number of nitrogens with one attached hydrogen (secondary N) is 2. The van der Waals surface area contributed by atoms with E-state index in [0.717, 1.165) is 25.9 Å². The van der Waals surface area contributed by atoms with E-state index in [1.807, 2.05) is 31.2 Å². The van der Waals surface area contributed by atoms with Gasteiger partial charge in [0.2, 0.25) is 6.10 Å². The molecule has 0 aliphatic carbocycles. The monoisotopic (exact) mass is 312 g/mol. The molecule has 6 heteroatoms. The minimum Gasteiger partial charge on any atom is -0.482 e. The van der Waals surface area contributed by atoms with Crippen LogP contribution < -0.4 is 20.1 Å². The zero-order valence-corrected chi connectivity index (χ0v) is 12.8. The maximum atomic E-state index is 12.4. The third kappa shape index (κ3) is 3.60. The topological polar surface area (TPSA) is 59.6 Å². The Morgan fingerprint density at radius 2 is 1.81 bits per heavy atom. The molecule has 1 amide bonds. The van der Waals surface area contributed by atoms with Gasteiger partial charge in [-0.3, -0.25) is 4.79 Å². The molecule has 0 bridgehead atoms. The Morgan fingerprint density at radius 1 is 1.19 bits per heavy atom. The van der Waals surface area contributed by atoms with E-state index < -0.39 is 6.10 Å². The van der Waals surface area contributed by atoms with Crippen molar-refractivity contribution in [3.63, 3.8) is 0 Å². The lowest BCUT2D eigenvalue weighted by Gasteiger charge is -2.32. The summed E-state index contributed by atoms with van der Waals surface area (Å²) < 4.78 is 11.6. The molecule has 0 spiro atoms. The van der Waals surface area contributed by atoms with E-state index in [9.17, 15) is 4.79 Å². The molecule has 2 N–H and O–H groups in total. The van der Waals surface area contributed by atoms with Gasteiger partial charge < -0.3 is 20.1 Å². The summed E-state index contributed by atoms with van der Waals surface area (Å²) in [6.45, 7) is 3.76. The van der Waals surface area contributed by atoms with Gasteiger partial charge in [-0.05, 0) is 45.0 Å². The quantitative estimate of drug-likeness (QED) is 0.869. The molecule has 116 valence electrons. The number of amides is 1. The van der Waals surface area contributed by atoms with Crippen LogP contribution in [0.25, 0.3) is 0 Å². The smallest absolute Gasteiger partial charge is 0.265 e. The number of rotatable bonds is 2. The van der Waals surface area contributed by atoms with Crippen molar-refractivity contribution in [1.82, 2.24) is 10.6 Å². The molecule has 0 aromatic heterocycles. The van der Waals surface area contributed by atoms with Crippen LogP contribution in [0.4, 0.5) is 0 Å². The number of hydrogen-bond donors (Lipinski definition) is 2. The van der Waals surface area contributed by atoms with Gasteiger partial charge in [0.25, 0.3) is 5.91 Å². The fraction of sp³-hybridized carbons (Fsp3) is 0.533. The summed E-state index contributed by atoms with van der Waals surface area (Å²) in [5.74, 6) is 1.25. The summed E-state index contributed by atoms with van der Waals surface area (Å²) in [6, 6.07) is 7.68. The number of benzene rings is 1. The number of fused-ring (bicyclic) bond motifs is 1. The number of ether oxygens (including phenoxy) is 2. The zero-order chi connectivity index (χ0) is 13.9. The number of hydrogen-bond acceptors (Lipinski definition) is 4. The van der Waals surface area contributed by atoms with Crippen molar-refractivity contribution in [3.05, 3.63) is 24.3 Å². The summed E-state index contributed by atoms with van der Waals surface area (Å²) in [6.07, 6.45) is 1.06. The van der Waals surface area contributed by atoms with Gasteiger partial charge in [-0.15, -0.1) is 12.4 Å². The van der Waals surface area contributed by atoms with Gasteiger partial charge in [-0.2, -0.15) is 0 Å². The first-order chi connectivity index (χ1) is 9.74. The maximum Gasteiger partial charge on any atom is 0.265 e. The summed E-state index contributed by atoms with van der Waals surface area (Å²) in [5.41, 5.74) is 0. The molecule has 2 unspecified atom stereocenters. The van der Waals surface area contributed by atoms with E-state index in [-0.39, 0.29) is 30.5 Å². The summed E-state index contributed by atoms with van der Waals surface area (Å²) in [4.78, 5) is 12.4. The average Bonchev–Trinajstić information content (AvgIpc) is 2.47. The van der Waals surface area contributed by atoms with Gasteiger partial charge in [0.05, 0.1) is 0 Å². The second kappa shape index (κ2) is 7.00. The number of piperidine rings is 1. The third-order valence-corrected chi connectivity index (χ3v) is 3.79. The Balaban J connectivity index is 0.00000161. The predicted octanol–water partition coefficient (Wildman–Crippen LogP) is 1.50. The van der Waals surface area contributed by atoms with Gasteiger partial charge in [-0.1, -0.05) is 12.1 Å². The molecule has 2 heterocycles. The Bertz CT molecular complexity index is 492. The van der Waals surface area contributed by atoms with E-state index in [1.165, 1.54) is 0 Å². The maximum absolute atomic E-state index is 12.4. The van der Waals surface area contributed by atoms with E-state index in [1.54, 1.807) is 0 Å². The van der Waals surface area contributed by atoms with Crippen molar-refractivity contribution in [1.29, 1.82) is 0 Å². The molecule has 1 aromatic rings. The van der Waals surface area contributed by atoms with Crippen molar-refractivity contribution in [2.45, 2.75) is 38.0 Å². The highest BCUT2D eigenvalue weighted by atomic mass is 35.5. The number of para-hydroxylation sites is 2. The van der Waals surface area contributed by atoms with Crippen LogP contribution in [0.15, 0.2) is 24.3 Å². The van der Waals surface area contributed by atoms with Gasteiger partial charge in [0.15, 0.2) is 11.5 Å². The van der Waals surface area contributed by atoms with Crippen molar-refractivity contribution < 1.29 is 14.3 Å². The lowest BCUT2D eigenvalue weighted by atomic mass is 10.1. The third-order valence-electron chi connectivity index (χ3n) is 3.79.